The molecule has 1 amide bonds. The van der Waals surface area contributed by atoms with E-state index in [2.05, 4.69) is 31.5 Å². The van der Waals surface area contributed by atoms with Gasteiger partial charge in [-0.3, -0.25) is 4.79 Å². The number of nitrogens with one attached hydrogen (secondary N) is 2. The molecule has 5 nitrogen and oxygen atoms in total. The molecule has 0 atom stereocenters. The van der Waals surface area contributed by atoms with Crippen molar-refractivity contribution in [2.45, 2.75) is 0 Å². The van der Waals surface area contributed by atoms with E-state index in [4.69, 9.17) is 4.74 Å². The predicted molar refractivity (Wildman–Crippen MR) is 82.4 cm³/mol. The Hall–Kier alpha value is -2.08. The lowest BCUT2D eigenvalue weighted by Gasteiger charge is -2.08. The van der Waals surface area contributed by atoms with Crippen LogP contribution in [0.4, 0.5) is 11.4 Å². The van der Waals surface area contributed by atoms with Gasteiger partial charge in [-0.1, -0.05) is 15.9 Å². The summed E-state index contributed by atoms with van der Waals surface area (Å²) in [6.07, 6.45) is 1.61. The van der Waals surface area contributed by atoms with Gasteiger partial charge in [-0.2, -0.15) is 0 Å². The van der Waals surface area contributed by atoms with E-state index in [1.165, 1.54) is 0 Å². The van der Waals surface area contributed by atoms with Gasteiger partial charge in [0.25, 0.3) is 5.91 Å². The molecule has 0 radical (unpaired) electrons. The molecule has 2 N–H and O–H groups in total. The van der Waals surface area contributed by atoms with Crippen molar-refractivity contribution in [1.82, 2.24) is 4.98 Å². The first-order valence-corrected chi connectivity index (χ1v) is 6.71. The highest BCUT2D eigenvalue weighted by Gasteiger charge is 2.09. The molecule has 0 bridgehead atoms. The molecule has 6 heteroatoms. The highest BCUT2D eigenvalue weighted by atomic mass is 79.9. The van der Waals surface area contributed by atoms with Gasteiger partial charge < -0.3 is 15.4 Å². The monoisotopic (exact) mass is 335 g/mol. The number of carbonyl (C=O) groups is 1. The van der Waals surface area contributed by atoms with Crippen molar-refractivity contribution >= 4 is 33.2 Å². The molecule has 0 aliphatic carbocycles. The second kappa shape index (κ2) is 6.38. The van der Waals surface area contributed by atoms with Crippen LogP contribution in [0.25, 0.3) is 0 Å². The molecule has 1 aromatic carbocycles. The fourth-order valence-electron chi connectivity index (χ4n) is 1.62. The lowest BCUT2D eigenvalue weighted by Crippen LogP contribution is -2.13. The van der Waals surface area contributed by atoms with Gasteiger partial charge in [-0.05, 0) is 24.3 Å². The second-order valence-corrected chi connectivity index (χ2v) is 4.93. The minimum atomic E-state index is -0.271. The molecule has 0 aliphatic heterocycles. The van der Waals surface area contributed by atoms with Gasteiger partial charge in [0.15, 0.2) is 0 Å². The fourth-order valence-corrected chi connectivity index (χ4v) is 2.10. The van der Waals surface area contributed by atoms with Crippen LogP contribution in [0.2, 0.25) is 0 Å². The standard InChI is InChI=1S/C14H14BrN3O2/c1-16-10-3-4-13(17-8-10)14(19)18-11-5-9(15)6-12(7-11)20-2/h3-8,16H,1-2H3,(H,18,19). The fraction of sp³-hybridized carbons (Fsp3) is 0.143. The van der Waals surface area contributed by atoms with Crippen LogP contribution >= 0.6 is 15.9 Å². The molecule has 0 fully saturated rings. The van der Waals surface area contributed by atoms with Crippen molar-refractivity contribution in [1.29, 1.82) is 0 Å². The van der Waals surface area contributed by atoms with E-state index in [1.807, 2.05) is 6.07 Å². The number of rotatable bonds is 4. The molecule has 0 saturated heterocycles. The third-order valence-electron chi connectivity index (χ3n) is 2.65. The van der Waals surface area contributed by atoms with E-state index in [1.54, 1.807) is 44.6 Å². The lowest BCUT2D eigenvalue weighted by atomic mass is 10.2. The summed E-state index contributed by atoms with van der Waals surface area (Å²) in [5.41, 5.74) is 1.84. The average Bonchev–Trinajstić information content (AvgIpc) is 2.46. The van der Waals surface area contributed by atoms with Crippen molar-refractivity contribution in [2.75, 3.05) is 24.8 Å². The largest absolute Gasteiger partial charge is 0.497 e. The average molecular weight is 336 g/mol. The molecule has 0 spiro atoms. The number of nitrogens with zero attached hydrogens (tertiary/aromatic N) is 1. The van der Waals surface area contributed by atoms with E-state index in [0.29, 0.717) is 17.1 Å². The number of carbonyl (C=O) groups excluding carboxylic acids is 1. The van der Waals surface area contributed by atoms with Gasteiger partial charge in [0.2, 0.25) is 0 Å². The number of benzene rings is 1. The van der Waals surface area contributed by atoms with Gasteiger partial charge in [0, 0.05) is 23.3 Å². The number of pyridine rings is 1. The summed E-state index contributed by atoms with van der Waals surface area (Å²) in [5, 5.41) is 5.73. The lowest BCUT2D eigenvalue weighted by molar-refractivity contribution is 0.102. The summed E-state index contributed by atoms with van der Waals surface area (Å²) in [6, 6.07) is 8.81. The molecule has 20 heavy (non-hydrogen) atoms. The number of methoxy groups -OCH3 is 1. The summed E-state index contributed by atoms with van der Waals surface area (Å²) >= 11 is 3.36. The first-order valence-electron chi connectivity index (χ1n) is 5.92. The number of aromatic nitrogens is 1. The summed E-state index contributed by atoms with van der Waals surface area (Å²) in [7, 11) is 3.37. The van der Waals surface area contributed by atoms with Gasteiger partial charge in [-0.15, -0.1) is 0 Å². The maximum atomic E-state index is 12.1. The molecule has 0 aliphatic rings. The topological polar surface area (TPSA) is 63.2 Å². The first kappa shape index (κ1) is 14.3. The van der Waals surface area contributed by atoms with E-state index in [-0.39, 0.29) is 5.91 Å². The Morgan fingerprint density at radius 2 is 2.05 bits per heavy atom. The molecule has 0 unspecified atom stereocenters. The van der Waals surface area contributed by atoms with Crippen LogP contribution in [0.3, 0.4) is 0 Å². The van der Waals surface area contributed by atoms with E-state index >= 15 is 0 Å². The van der Waals surface area contributed by atoms with Crippen molar-refractivity contribution < 1.29 is 9.53 Å². The quantitative estimate of drug-likeness (QED) is 0.900. The van der Waals surface area contributed by atoms with Crippen LogP contribution in [0.5, 0.6) is 5.75 Å². The predicted octanol–water partition coefficient (Wildman–Crippen LogP) is 3.15. The minimum absolute atomic E-state index is 0.271. The normalized spacial score (nSPS) is 9.95. The van der Waals surface area contributed by atoms with Crippen molar-refractivity contribution in [3.8, 4) is 5.75 Å². The van der Waals surface area contributed by atoms with Crippen LogP contribution in [0, 0.1) is 0 Å². The zero-order valence-corrected chi connectivity index (χ0v) is 12.7. The SMILES string of the molecule is CNc1ccc(C(=O)Nc2cc(Br)cc(OC)c2)nc1. The Morgan fingerprint density at radius 1 is 1.25 bits per heavy atom. The molecular weight excluding hydrogens is 322 g/mol. The highest BCUT2D eigenvalue weighted by molar-refractivity contribution is 9.10. The zero-order chi connectivity index (χ0) is 14.5. The van der Waals surface area contributed by atoms with E-state index < -0.39 is 0 Å². The number of halogens is 1. The van der Waals surface area contributed by atoms with Crippen LogP contribution in [-0.4, -0.2) is 25.0 Å². The molecular formula is C14H14BrN3O2. The summed E-state index contributed by atoms with van der Waals surface area (Å²) in [6.45, 7) is 0. The summed E-state index contributed by atoms with van der Waals surface area (Å²) < 4.78 is 5.97. The Morgan fingerprint density at radius 3 is 2.65 bits per heavy atom. The number of hydrogen-bond acceptors (Lipinski definition) is 4. The van der Waals surface area contributed by atoms with Crippen molar-refractivity contribution in [3.63, 3.8) is 0 Å². The van der Waals surface area contributed by atoms with Crippen molar-refractivity contribution in [3.05, 3.63) is 46.7 Å². The number of anilines is 2. The van der Waals surface area contributed by atoms with Crippen LogP contribution in [0.15, 0.2) is 41.0 Å². The Labute approximate surface area is 125 Å². The Kier molecular flexibility index (Phi) is 4.57. The smallest absolute Gasteiger partial charge is 0.274 e. The molecule has 2 rings (SSSR count). The number of ether oxygens (including phenoxy) is 1. The van der Waals surface area contributed by atoms with E-state index in [0.717, 1.165) is 10.2 Å². The zero-order valence-electron chi connectivity index (χ0n) is 11.1. The van der Waals surface area contributed by atoms with Gasteiger partial charge >= 0.3 is 0 Å². The van der Waals surface area contributed by atoms with Gasteiger partial charge in [-0.25, -0.2) is 4.98 Å². The van der Waals surface area contributed by atoms with Gasteiger partial charge in [0.1, 0.15) is 11.4 Å². The third-order valence-corrected chi connectivity index (χ3v) is 3.11. The Balaban J connectivity index is 2.16. The molecule has 1 aromatic heterocycles. The maximum absolute atomic E-state index is 12.1. The molecule has 2 aromatic rings. The molecule has 1 heterocycles. The maximum Gasteiger partial charge on any atom is 0.274 e. The molecule has 0 saturated carbocycles. The van der Waals surface area contributed by atoms with Crippen LogP contribution in [0.1, 0.15) is 10.5 Å². The Bertz CT molecular complexity index is 614. The van der Waals surface area contributed by atoms with Gasteiger partial charge in [0.05, 0.1) is 19.0 Å². The highest BCUT2D eigenvalue weighted by Crippen LogP contribution is 2.24. The van der Waals surface area contributed by atoms with E-state index in [9.17, 15) is 4.79 Å². The number of amides is 1. The van der Waals surface area contributed by atoms with Crippen LogP contribution < -0.4 is 15.4 Å². The second-order valence-electron chi connectivity index (χ2n) is 4.02. The third kappa shape index (κ3) is 3.48. The molecule has 104 valence electrons. The first-order chi connectivity index (χ1) is 9.62. The summed E-state index contributed by atoms with van der Waals surface area (Å²) in [4.78, 5) is 16.2. The van der Waals surface area contributed by atoms with Crippen molar-refractivity contribution in [2.24, 2.45) is 0 Å². The minimum Gasteiger partial charge on any atom is -0.497 e. The number of hydrogen-bond donors (Lipinski definition) is 2. The summed E-state index contributed by atoms with van der Waals surface area (Å²) in [5.74, 6) is 0.390. The van der Waals surface area contributed by atoms with Crippen LogP contribution in [-0.2, 0) is 0 Å².